The molecule has 0 radical (unpaired) electrons. The molecule has 0 amide bonds. The number of carbonyl (C=O) groups excluding carboxylic acids is 1. The van der Waals surface area contributed by atoms with Crippen LogP contribution in [-0.4, -0.2) is 27.1 Å². The van der Waals surface area contributed by atoms with Crippen LogP contribution in [0.25, 0.3) is 11.0 Å². The normalized spacial score (nSPS) is 12.9. The van der Waals surface area contributed by atoms with E-state index in [-0.39, 0.29) is 17.8 Å². The van der Waals surface area contributed by atoms with E-state index >= 15 is 0 Å². The maximum Gasteiger partial charge on any atom is 0.316 e. The quantitative estimate of drug-likeness (QED) is 0.792. The molecule has 0 saturated carbocycles. The number of hydrogen-bond acceptors (Lipinski definition) is 4. The molecular weight excluding hydrogens is 242 g/mol. The van der Waals surface area contributed by atoms with Crippen molar-refractivity contribution in [3.8, 4) is 0 Å². The number of aryl methyl sites for hydroxylation is 1. The van der Waals surface area contributed by atoms with Gasteiger partial charge in [-0.15, -0.1) is 0 Å². The zero-order chi connectivity index (χ0) is 14.0. The van der Waals surface area contributed by atoms with E-state index in [0.29, 0.717) is 6.61 Å². The van der Waals surface area contributed by atoms with Crippen LogP contribution in [0.3, 0.4) is 0 Å². The minimum Gasteiger partial charge on any atom is -0.465 e. The zero-order valence-corrected chi connectivity index (χ0v) is 11.8. The fourth-order valence-electron chi connectivity index (χ4n) is 2.24. The van der Waals surface area contributed by atoms with Gasteiger partial charge in [0.05, 0.1) is 23.8 Å². The molecule has 0 N–H and O–H groups in total. The van der Waals surface area contributed by atoms with Gasteiger partial charge in [0.1, 0.15) is 11.7 Å². The van der Waals surface area contributed by atoms with Crippen LogP contribution in [-0.2, 0) is 16.6 Å². The third-order valence-corrected chi connectivity index (χ3v) is 3.20. The average molecular weight is 261 g/mol. The molecule has 1 unspecified atom stereocenters. The number of nitrogens with zero attached hydrogens (tertiary/aromatic N) is 3. The van der Waals surface area contributed by atoms with Gasteiger partial charge in [-0.05, 0) is 18.9 Å². The van der Waals surface area contributed by atoms with Crippen LogP contribution in [0.5, 0.6) is 0 Å². The molecule has 0 bridgehead atoms. The summed E-state index contributed by atoms with van der Waals surface area (Å²) in [4.78, 5) is 20.8. The number of imidazole rings is 1. The fourth-order valence-corrected chi connectivity index (χ4v) is 2.24. The lowest BCUT2D eigenvalue weighted by atomic mass is 9.95. The summed E-state index contributed by atoms with van der Waals surface area (Å²) in [5.74, 6) is 0.292. The van der Waals surface area contributed by atoms with Crippen LogP contribution >= 0.6 is 0 Å². The van der Waals surface area contributed by atoms with Gasteiger partial charge in [0.2, 0.25) is 0 Å². The predicted octanol–water partition coefficient (Wildman–Crippen LogP) is 2.27. The standard InChI is InChI=1S/C14H19N3O2/c1-5-19-14(18)12(9(2)3)13-16-10-6-7-15-8-11(10)17(13)4/h6-9,12H,5H2,1-4H3. The summed E-state index contributed by atoms with van der Waals surface area (Å²) in [6.45, 7) is 6.19. The van der Waals surface area contributed by atoms with Gasteiger partial charge in [-0.3, -0.25) is 9.78 Å². The minimum atomic E-state index is -0.350. The monoisotopic (exact) mass is 261 g/mol. The zero-order valence-electron chi connectivity index (χ0n) is 11.8. The van der Waals surface area contributed by atoms with Gasteiger partial charge >= 0.3 is 5.97 Å². The van der Waals surface area contributed by atoms with E-state index in [2.05, 4.69) is 9.97 Å². The van der Waals surface area contributed by atoms with Crippen molar-refractivity contribution in [2.24, 2.45) is 13.0 Å². The third kappa shape index (κ3) is 2.45. The molecule has 2 aromatic rings. The Bertz CT molecular complexity index is 589. The van der Waals surface area contributed by atoms with Crippen molar-refractivity contribution < 1.29 is 9.53 Å². The molecule has 0 aliphatic carbocycles. The maximum absolute atomic E-state index is 12.1. The second kappa shape index (κ2) is 5.38. The van der Waals surface area contributed by atoms with Gasteiger partial charge in [-0.1, -0.05) is 13.8 Å². The number of hydrogen-bond donors (Lipinski definition) is 0. The second-order valence-corrected chi connectivity index (χ2v) is 4.87. The Balaban J connectivity index is 2.50. The van der Waals surface area contributed by atoms with Gasteiger partial charge in [0.15, 0.2) is 0 Å². The maximum atomic E-state index is 12.1. The molecule has 0 aliphatic rings. The van der Waals surface area contributed by atoms with E-state index < -0.39 is 0 Å². The van der Waals surface area contributed by atoms with E-state index in [1.54, 1.807) is 12.4 Å². The summed E-state index contributed by atoms with van der Waals surface area (Å²) >= 11 is 0. The summed E-state index contributed by atoms with van der Waals surface area (Å²) in [5.41, 5.74) is 1.77. The number of esters is 1. The first kappa shape index (κ1) is 13.5. The molecule has 5 nitrogen and oxygen atoms in total. The lowest BCUT2D eigenvalue weighted by Crippen LogP contribution is -2.23. The molecule has 5 heteroatoms. The van der Waals surface area contributed by atoms with E-state index in [0.717, 1.165) is 16.9 Å². The fraction of sp³-hybridized carbons (Fsp3) is 0.500. The number of aromatic nitrogens is 3. The summed E-state index contributed by atoms with van der Waals surface area (Å²) in [7, 11) is 1.90. The van der Waals surface area contributed by atoms with Gasteiger partial charge in [-0.2, -0.15) is 0 Å². The predicted molar refractivity (Wildman–Crippen MR) is 72.7 cm³/mol. The van der Waals surface area contributed by atoms with Crippen molar-refractivity contribution in [3.63, 3.8) is 0 Å². The molecule has 0 saturated heterocycles. The minimum absolute atomic E-state index is 0.127. The lowest BCUT2D eigenvalue weighted by Gasteiger charge is -2.18. The molecular formula is C14H19N3O2. The molecule has 2 rings (SSSR count). The van der Waals surface area contributed by atoms with E-state index in [1.165, 1.54) is 0 Å². The van der Waals surface area contributed by atoms with Crippen molar-refractivity contribution in [1.29, 1.82) is 0 Å². The smallest absolute Gasteiger partial charge is 0.316 e. The molecule has 0 spiro atoms. The summed E-state index contributed by atoms with van der Waals surface area (Å²) in [6.07, 6.45) is 3.46. The Kier molecular flexibility index (Phi) is 3.83. The Morgan fingerprint density at radius 2 is 2.21 bits per heavy atom. The highest BCUT2D eigenvalue weighted by atomic mass is 16.5. The number of carbonyl (C=O) groups is 1. The summed E-state index contributed by atoms with van der Waals surface area (Å²) < 4.78 is 7.08. The van der Waals surface area contributed by atoms with Gasteiger partial charge < -0.3 is 9.30 Å². The van der Waals surface area contributed by atoms with Crippen molar-refractivity contribution >= 4 is 17.0 Å². The first-order chi connectivity index (χ1) is 9.06. The highest BCUT2D eigenvalue weighted by molar-refractivity contribution is 5.81. The Morgan fingerprint density at radius 1 is 1.47 bits per heavy atom. The molecule has 2 heterocycles. The Morgan fingerprint density at radius 3 is 2.79 bits per heavy atom. The Labute approximate surface area is 112 Å². The molecule has 1 atom stereocenters. The highest BCUT2D eigenvalue weighted by Crippen LogP contribution is 2.27. The molecule has 102 valence electrons. The highest BCUT2D eigenvalue weighted by Gasteiger charge is 2.30. The lowest BCUT2D eigenvalue weighted by molar-refractivity contribution is -0.146. The van der Waals surface area contributed by atoms with E-state index in [9.17, 15) is 4.79 Å². The number of fused-ring (bicyclic) bond motifs is 1. The van der Waals surface area contributed by atoms with Crippen LogP contribution in [0.1, 0.15) is 32.5 Å². The van der Waals surface area contributed by atoms with Crippen LogP contribution < -0.4 is 0 Å². The summed E-state index contributed by atoms with van der Waals surface area (Å²) in [6, 6.07) is 1.85. The molecule has 19 heavy (non-hydrogen) atoms. The largest absolute Gasteiger partial charge is 0.465 e. The van der Waals surface area contributed by atoms with Crippen molar-refractivity contribution in [2.75, 3.05) is 6.61 Å². The van der Waals surface area contributed by atoms with Gasteiger partial charge in [0.25, 0.3) is 0 Å². The molecule has 2 aromatic heterocycles. The Hall–Kier alpha value is -1.91. The number of ether oxygens (including phenoxy) is 1. The number of pyridine rings is 1. The van der Waals surface area contributed by atoms with E-state index in [4.69, 9.17) is 4.74 Å². The molecule has 0 aliphatic heterocycles. The van der Waals surface area contributed by atoms with E-state index in [1.807, 2.05) is 38.5 Å². The van der Waals surface area contributed by atoms with Crippen LogP contribution in [0, 0.1) is 5.92 Å². The van der Waals surface area contributed by atoms with Crippen LogP contribution in [0.15, 0.2) is 18.5 Å². The van der Waals surface area contributed by atoms with Crippen molar-refractivity contribution in [2.45, 2.75) is 26.7 Å². The SMILES string of the molecule is CCOC(=O)C(c1nc2ccncc2n1C)C(C)C. The number of rotatable bonds is 4. The molecule has 0 fully saturated rings. The first-order valence-corrected chi connectivity index (χ1v) is 6.49. The second-order valence-electron chi connectivity index (χ2n) is 4.87. The van der Waals surface area contributed by atoms with Crippen molar-refractivity contribution in [1.82, 2.24) is 14.5 Å². The van der Waals surface area contributed by atoms with Crippen LogP contribution in [0.2, 0.25) is 0 Å². The summed E-state index contributed by atoms with van der Waals surface area (Å²) in [5, 5.41) is 0. The van der Waals surface area contributed by atoms with Gasteiger partial charge in [-0.25, -0.2) is 4.98 Å². The van der Waals surface area contributed by atoms with Crippen molar-refractivity contribution in [3.05, 3.63) is 24.3 Å². The topological polar surface area (TPSA) is 57.0 Å². The average Bonchev–Trinajstić information content (AvgIpc) is 2.68. The van der Waals surface area contributed by atoms with Crippen LogP contribution in [0.4, 0.5) is 0 Å². The third-order valence-electron chi connectivity index (χ3n) is 3.20. The molecule has 0 aromatic carbocycles. The first-order valence-electron chi connectivity index (χ1n) is 6.49. The van der Waals surface area contributed by atoms with Gasteiger partial charge in [0, 0.05) is 13.2 Å².